The van der Waals surface area contributed by atoms with Crippen molar-refractivity contribution in [3.8, 4) is 0 Å². The van der Waals surface area contributed by atoms with E-state index in [-0.39, 0.29) is 18.3 Å². The number of anilines is 1. The van der Waals surface area contributed by atoms with Crippen molar-refractivity contribution in [2.45, 2.75) is 31.7 Å². The highest BCUT2D eigenvalue weighted by atomic mass is 19.1. The first kappa shape index (κ1) is 14.2. The molecule has 0 heterocycles. The number of nitro groups is 1. The van der Waals surface area contributed by atoms with Gasteiger partial charge in [0, 0.05) is 6.04 Å². The number of nitrogens with zero attached hydrogens (tertiary/aromatic N) is 2. The Labute approximate surface area is 115 Å². The molecule has 1 amide bonds. The molecule has 2 rings (SSSR count). The van der Waals surface area contributed by atoms with Gasteiger partial charge in [-0.15, -0.1) is 0 Å². The first-order valence-electron chi connectivity index (χ1n) is 6.48. The first-order valence-corrected chi connectivity index (χ1v) is 6.48. The van der Waals surface area contributed by atoms with Gasteiger partial charge in [0.15, 0.2) is 0 Å². The molecule has 0 radical (unpaired) electrons. The molecule has 0 spiro atoms. The van der Waals surface area contributed by atoms with Gasteiger partial charge < -0.3 is 10.6 Å². The van der Waals surface area contributed by atoms with Crippen molar-refractivity contribution >= 4 is 17.3 Å². The van der Waals surface area contributed by atoms with E-state index in [2.05, 4.69) is 0 Å². The Bertz CT molecular complexity index is 530. The predicted molar refractivity (Wildman–Crippen MR) is 71.9 cm³/mol. The molecule has 1 aromatic rings. The number of hydrogen-bond donors (Lipinski definition) is 1. The molecule has 0 aliphatic heterocycles. The summed E-state index contributed by atoms with van der Waals surface area (Å²) in [4.78, 5) is 23.1. The van der Waals surface area contributed by atoms with Crippen LogP contribution in [0.15, 0.2) is 18.2 Å². The van der Waals surface area contributed by atoms with Crippen molar-refractivity contribution in [1.29, 1.82) is 0 Å². The maximum absolute atomic E-state index is 13.7. The van der Waals surface area contributed by atoms with Crippen LogP contribution in [-0.4, -0.2) is 23.4 Å². The van der Waals surface area contributed by atoms with Gasteiger partial charge in [-0.1, -0.05) is 18.9 Å². The van der Waals surface area contributed by atoms with Crippen molar-refractivity contribution in [3.05, 3.63) is 34.1 Å². The average molecular weight is 281 g/mol. The van der Waals surface area contributed by atoms with Crippen molar-refractivity contribution in [3.63, 3.8) is 0 Å². The molecular weight excluding hydrogens is 265 g/mol. The van der Waals surface area contributed by atoms with Crippen LogP contribution in [0.1, 0.15) is 25.7 Å². The van der Waals surface area contributed by atoms with E-state index in [1.54, 1.807) is 4.90 Å². The zero-order valence-corrected chi connectivity index (χ0v) is 10.9. The largest absolute Gasteiger partial charge is 0.368 e. The summed E-state index contributed by atoms with van der Waals surface area (Å²) in [6, 6.07) is 3.89. The second-order valence-corrected chi connectivity index (χ2v) is 4.90. The van der Waals surface area contributed by atoms with Crippen LogP contribution in [-0.2, 0) is 4.79 Å². The SMILES string of the molecule is NC(=O)CN(c1cccc(F)c1[N+](=O)[O-])C1CCCC1. The van der Waals surface area contributed by atoms with Crippen LogP contribution < -0.4 is 10.6 Å². The highest BCUT2D eigenvalue weighted by Gasteiger charge is 2.30. The third kappa shape index (κ3) is 2.87. The Morgan fingerprint density at radius 2 is 2.10 bits per heavy atom. The zero-order valence-electron chi connectivity index (χ0n) is 10.9. The van der Waals surface area contributed by atoms with E-state index in [0.717, 1.165) is 31.7 Å². The molecule has 1 aliphatic carbocycles. The maximum Gasteiger partial charge on any atom is 0.327 e. The van der Waals surface area contributed by atoms with Crippen LogP contribution in [0.5, 0.6) is 0 Å². The number of halogens is 1. The molecule has 1 aromatic carbocycles. The molecular formula is C13H16FN3O3. The molecule has 0 bridgehead atoms. The Kier molecular flexibility index (Phi) is 4.16. The molecule has 1 fully saturated rings. The molecule has 20 heavy (non-hydrogen) atoms. The Morgan fingerprint density at radius 1 is 1.45 bits per heavy atom. The number of para-hydroxylation sites is 1. The summed E-state index contributed by atoms with van der Waals surface area (Å²) in [6.45, 7) is -0.144. The molecule has 108 valence electrons. The standard InChI is InChI=1S/C13H16FN3O3/c14-10-6-3-7-11(13(10)17(19)20)16(8-12(15)18)9-4-1-2-5-9/h3,6-7,9H,1-2,4-5,8H2,(H2,15,18). The van der Waals surface area contributed by atoms with E-state index in [1.807, 2.05) is 0 Å². The number of primary amides is 1. The van der Waals surface area contributed by atoms with Gasteiger partial charge in [-0.25, -0.2) is 0 Å². The molecule has 7 heteroatoms. The number of rotatable bonds is 5. The lowest BCUT2D eigenvalue weighted by Crippen LogP contribution is -2.40. The van der Waals surface area contributed by atoms with Gasteiger partial charge in [-0.05, 0) is 25.0 Å². The summed E-state index contributed by atoms with van der Waals surface area (Å²) in [5.74, 6) is -1.49. The fraction of sp³-hybridized carbons (Fsp3) is 0.462. The van der Waals surface area contributed by atoms with Gasteiger partial charge in [0.1, 0.15) is 5.69 Å². The van der Waals surface area contributed by atoms with Gasteiger partial charge in [-0.3, -0.25) is 14.9 Å². The number of amides is 1. The number of nitro benzene ring substituents is 1. The van der Waals surface area contributed by atoms with Crippen LogP contribution in [0.3, 0.4) is 0 Å². The predicted octanol–water partition coefficient (Wildman–Crippen LogP) is 1.97. The minimum Gasteiger partial charge on any atom is -0.368 e. The molecule has 1 aliphatic rings. The van der Waals surface area contributed by atoms with E-state index < -0.39 is 22.3 Å². The van der Waals surface area contributed by atoms with Crippen LogP contribution in [0.4, 0.5) is 15.8 Å². The number of nitrogens with two attached hydrogens (primary N) is 1. The zero-order chi connectivity index (χ0) is 14.7. The van der Waals surface area contributed by atoms with Crippen molar-refractivity contribution < 1.29 is 14.1 Å². The lowest BCUT2D eigenvalue weighted by molar-refractivity contribution is -0.386. The number of carbonyl (C=O) groups excluding carboxylic acids is 1. The summed E-state index contributed by atoms with van der Waals surface area (Å²) >= 11 is 0. The second-order valence-electron chi connectivity index (χ2n) is 4.90. The summed E-state index contributed by atoms with van der Waals surface area (Å²) < 4.78 is 13.7. The minimum atomic E-state index is -0.903. The first-order chi connectivity index (χ1) is 9.50. The van der Waals surface area contributed by atoms with E-state index in [4.69, 9.17) is 5.73 Å². The Hall–Kier alpha value is -2.18. The van der Waals surface area contributed by atoms with Crippen molar-refractivity contribution in [2.24, 2.45) is 5.73 Å². The second kappa shape index (κ2) is 5.85. The number of carbonyl (C=O) groups is 1. The highest BCUT2D eigenvalue weighted by Crippen LogP contribution is 2.35. The summed E-state index contributed by atoms with van der Waals surface area (Å²) in [6.07, 6.45) is 3.62. The lowest BCUT2D eigenvalue weighted by atomic mass is 10.1. The van der Waals surface area contributed by atoms with E-state index in [9.17, 15) is 19.3 Å². The van der Waals surface area contributed by atoms with Crippen LogP contribution in [0.2, 0.25) is 0 Å². The quantitative estimate of drug-likeness (QED) is 0.660. The maximum atomic E-state index is 13.7. The van der Waals surface area contributed by atoms with E-state index >= 15 is 0 Å². The van der Waals surface area contributed by atoms with Gasteiger partial charge in [0.2, 0.25) is 11.7 Å². The molecule has 1 saturated carbocycles. The average Bonchev–Trinajstić information content (AvgIpc) is 2.88. The molecule has 0 saturated heterocycles. The van der Waals surface area contributed by atoms with Gasteiger partial charge >= 0.3 is 5.69 Å². The van der Waals surface area contributed by atoms with E-state index in [0.29, 0.717) is 0 Å². The van der Waals surface area contributed by atoms with Crippen LogP contribution in [0, 0.1) is 15.9 Å². The highest BCUT2D eigenvalue weighted by molar-refractivity contribution is 5.81. The van der Waals surface area contributed by atoms with Crippen molar-refractivity contribution in [2.75, 3.05) is 11.4 Å². The summed E-state index contributed by atoms with van der Waals surface area (Å²) in [5, 5.41) is 11.1. The van der Waals surface area contributed by atoms with Crippen LogP contribution >= 0.6 is 0 Å². The molecule has 0 unspecified atom stereocenters. The molecule has 0 aromatic heterocycles. The summed E-state index contributed by atoms with van der Waals surface area (Å²) in [5.41, 5.74) is 4.75. The third-order valence-electron chi connectivity index (χ3n) is 3.55. The topological polar surface area (TPSA) is 89.5 Å². The van der Waals surface area contributed by atoms with Crippen LogP contribution in [0.25, 0.3) is 0 Å². The Balaban J connectivity index is 2.44. The normalized spacial score (nSPS) is 15.2. The molecule has 6 nitrogen and oxygen atoms in total. The lowest BCUT2D eigenvalue weighted by Gasteiger charge is -2.29. The minimum absolute atomic E-state index is 0.0111. The van der Waals surface area contributed by atoms with Gasteiger partial charge in [0.05, 0.1) is 11.5 Å². The van der Waals surface area contributed by atoms with Crippen molar-refractivity contribution in [1.82, 2.24) is 0 Å². The summed E-state index contributed by atoms with van der Waals surface area (Å²) in [7, 11) is 0. The smallest absolute Gasteiger partial charge is 0.327 e. The third-order valence-corrected chi connectivity index (χ3v) is 3.55. The molecule has 0 atom stereocenters. The van der Waals surface area contributed by atoms with E-state index in [1.165, 1.54) is 12.1 Å². The fourth-order valence-corrected chi connectivity index (χ4v) is 2.71. The number of hydrogen-bond acceptors (Lipinski definition) is 4. The van der Waals surface area contributed by atoms with Gasteiger partial charge in [-0.2, -0.15) is 4.39 Å². The monoisotopic (exact) mass is 281 g/mol. The van der Waals surface area contributed by atoms with Gasteiger partial charge in [0.25, 0.3) is 0 Å². The number of benzene rings is 1. The Morgan fingerprint density at radius 3 is 2.65 bits per heavy atom. The fourth-order valence-electron chi connectivity index (χ4n) is 2.71. The molecule has 2 N–H and O–H groups in total.